The van der Waals surface area contributed by atoms with E-state index < -0.39 is 5.97 Å². The van der Waals surface area contributed by atoms with Crippen molar-refractivity contribution < 1.29 is 9.90 Å². The van der Waals surface area contributed by atoms with E-state index in [4.69, 9.17) is 10.8 Å². The number of anilines is 2. The lowest BCUT2D eigenvalue weighted by Gasteiger charge is -2.07. The minimum Gasteiger partial charge on any atom is -0.478 e. The Kier molecular flexibility index (Phi) is 4.01. The molecule has 1 aromatic carbocycles. The maximum Gasteiger partial charge on any atom is 0.337 e. The van der Waals surface area contributed by atoms with Gasteiger partial charge in [-0.25, -0.2) is 9.78 Å². The molecule has 0 aliphatic heterocycles. The topological polar surface area (TPSA) is 88.2 Å². The van der Waals surface area contributed by atoms with Gasteiger partial charge in [0.15, 0.2) is 0 Å². The van der Waals surface area contributed by atoms with Crippen molar-refractivity contribution in [2.24, 2.45) is 0 Å². The van der Waals surface area contributed by atoms with Gasteiger partial charge < -0.3 is 16.2 Å². The number of nitrogens with one attached hydrogen (secondary N) is 1. The average molecular weight is 277 g/mol. The van der Waals surface area contributed by atoms with Crippen LogP contribution in [0, 0.1) is 6.92 Å². The van der Waals surface area contributed by atoms with Crippen molar-refractivity contribution in [3.05, 3.63) is 39.8 Å². The van der Waals surface area contributed by atoms with Gasteiger partial charge in [-0.3, -0.25) is 0 Å². The Bertz CT molecular complexity index is 595. The smallest absolute Gasteiger partial charge is 0.337 e. The second-order valence-corrected chi connectivity index (χ2v) is 5.20. The van der Waals surface area contributed by atoms with Crippen LogP contribution in [0.4, 0.5) is 11.4 Å². The Morgan fingerprint density at radius 2 is 2.32 bits per heavy atom. The van der Waals surface area contributed by atoms with Crippen molar-refractivity contribution in [3.8, 4) is 0 Å². The summed E-state index contributed by atoms with van der Waals surface area (Å²) < 4.78 is 0. The Morgan fingerprint density at radius 3 is 2.89 bits per heavy atom. The van der Waals surface area contributed by atoms with Crippen molar-refractivity contribution in [2.45, 2.75) is 13.3 Å². The summed E-state index contributed by atoms with van der Waals surface area (Å²) in [6, 6.07) is 4.86. The van der Waals surface area contributed by atoms with Gasteiger partial charge >= 0.3 is 5.97 Å². The molecule has 19 heavy (non-hydrogen) atoms. The maximum absolute atomic E-state index is 10.8. The molecule has 0 saturated carbocycles. The molecule has 0 saturated heterocycles. The van der Waals surface area contributed by atoms with Gasteiger partial charge in [0.25, 0.3) is 0 Å². The first-order valence-corrected chi connectivity index (χ1v) is 6.72. The molecular formula is C13H15N3O2S. The summed E-state index contributed by atoms with van der Waals surface area (Å²) >= 11 is 1.63. The van der Waals surface area contributed by atoms with Crippen LogP contribution in [0.25, 0.3) is 0 Å². The monoisotopic (exact) mass is 277 g/mol. The highest BCUT2D eigenvalue weighted by atomic mass is 32.1. The molecule has 2 rings (SSSR count). The molecule has 0 aliphatic rings. The highest BCUT2D eigenvalue weighted by Gasteiger charge is 2.07. The van der Waals surface area contributed by atoms with Crippen LogP contribution in [0.3, 0.4) is 0 Å². The number of benzene rings is 1. The highest BCUT2D eigenvalue weighted by molar-refractivity contribution is 7.09. The number of hydrogen-bond donors (Lipinski definition) is 3. The summed E-state index contributed by atoms with van der Waals surface area (Å²) in [6.45, 7) is 2.71. The van der Waals surface area contributed by atoms with Crippen molar-refractivity contribution >= 4 is 28.7 Å². The number of carboxylic acids is 1. The second-order valence-electron chi connectivity index (χ2n) is 4.14. The Balaban J connectivity index is 1.93. The predicted molar refractivity (Wildman–Crippen MR) is 76.9 cm³/mol. The molecule has 1 aromatic heterocycles. The van der Waals surface area contributed by atoms with Crippen LogP contribution in [0.1, 0.15) is 21.1 Å². The molecule has 0 spiro atoms. The molecular weight excluding hydrogens is 262 g/mol. The summed E-state index contributed by atoms with van der Waals surface area (Å²) in [7, 11) is 0. The van der Waals surface area contributed by atoms with E-state index in [9.17, 15) is 4.79 Å². The largest absolute Gasteiger partial charge is 0.478 e. The Labute approximate surface area is 115 Å². The van der Waals surface area contributed by atoms with E-state index >= 15 is 0 Å². The Hall–Kier alpha value is -2.08. The lowest BCUT2D eigenvalue weighted by molar-refractivity contribution is 0.0698. The lowest BCUT2D eigenvalue weighted by atomic mass is 10.1. The number of nitrogen functional groups attached to an aromatic ring is 1. The SMILES string of the molecule is Cc1nc(CCNc2ccc(C(=O)O)c(N)c2)cs1. The zero-order valence-electron chi connectivity index (χ0n) is 10.5. The van der Waals surface area contributed by atoms with Gasteiger partial charge in [-0.1, -0.05) is 0 Å². The van der Waals surface area contributed by atoms with Gasteiger partial charge in [-0.05, 0) is 25.1 Å². The molecule has 100 valence electrons. The van der Waals surface area contributed by atoms with E-state index in [-0.39, 0.29) is 11.3 Å². The van der Waals surface area contributed by atoms with Gasteiger partial charge in [0.05, 0.1) is 16.3 Å². The predicted octanol–water partition coefficient (Wildman–Crippen LogP) is 2.39. The fourth-order valence-corrected chi connectivity index (χ4v) is 2.37. The van der Waals surface area contributed by atoms with Gasteiger partial charge in [-0.2, -0.15) is 0 Å². The molecule has 0 aliphatic carbocycles. The number of thiazole rings is 1. The van der Waals surface area contributed by atoms with E-state index in [1.165, 1.54) is 6.07 Å². The van der Waals surface area contributed by atoms with Gasteiger partial charge in [0.2, 0.25) is 0 Å². The zero-order valence-corrected chi connectivity index (χ0v) is 11.3. The summed E-state index contributed by atoms with van der Waals surface area (Å²) in [6.07, 6.45) is 0.824. The van der Waals surface area contributed by atoms with Crippen LogP contribution in [-0.2, 0) is 6.42 Å². The molecule has 4 N–H and O–H groups in total. The van der Waals surface area contributed by atoms with E-state index in [0.717, 1.165) is 29.4 Å². The quantitative estimate of drug-likeness (QED) is 0.730. The van der Waals surface area contributed by atoms with E-state index in [1.807, 2.05) is 12.3 Å². The molecule has 0 radical (unpaired) electrons. The van der Waals surface area contributed by atoms with Crippen LogP contribution in [-0.4, -0.2) is 22.6 Å². The standard InChI is InChI=1S/C13H15N3O2S/c1-8-16-10(7-19-8)4-5-15-9-2-3-11(13(17)18)12(14)6-9/h2-3,6-7,15H,4-5,14H2,1H3,(H,17,18). The summed E-state index contributed by atoms with van der Waals surface area (Å²) in [5.41, 5.74) is 7.94. The molecule has 2 aromatic rings. The van der Waals surface area contributed by atoms with Gasteiger partial charge in [-0.15, -0.1) is 11.3 Å². The third-order valence-electron chi connectivity index (χ3n) is 2.66. The fraction of sp³-hybridized carbons (Fsp3) is 0.231. The summed E-state index contributed by atoms with van der Waals surface area (Å²) in [5, 5.41) is 15.2. The van der Waals surface area contributed by atoms with Crippen molar-refractivity contribution in [3.63, 3.8) is 0 Å². The third kappa shape index (κ3) is 3.45. The van der Waals surface area contributed by atoms with E-state index in [2.05, 4.69) is 10.3 Å². The number of hydrogen-bond acceptors (Lipinski definition) is 5. The normalized spacial score (nSPS) is 10.4. The van der Waals surface area contributed by atoms with Crippen LogP contribution < -0.4 is 11.1 Å². The van der Waals surface area contributed by atoms with Crippen molar-refractivity contribution in [1.82, 2.24) is 4.98 Å². The average Bonchev–Trinajstić information content (AvgIpc) is 2.75. The van der Waals surface area contributed by atoms with Crippen LogP contribution in [0.15, 0.2) is 23.6 Å². The third-order valence-corrected chi connectivity index (χ3v) is 3.48. The van der Waals surface area contributed by atoms with Crippen molar-refractivity contribution in [1.29, 1.82) is 0 Å². The number of aryl methyl sites for hydroxylation is 1. The first-order chi connectivity index (χ1) is 9.06. The minimum atomic E-state index is -1.01. The number of aromatic nitrogens is 1. The zero-order chi connectivity index (χ0) is 13.8. The minimum absolute atomic E-state index is 0.126. The number of nitrogens with zero attached hydrogens (tertiary/aromatic N) is 1. The van der Waals surface area contributed by atoms with E-state index in [0.29, 0.717) is 0 Å². The van der Waals surface area contributed by atoms with Gasteiger partial charge in [0, 0.05) is 29.7 Å². The number of aromatic carboxylic acids is 1. The molecule has 0 bridgehead atoms. The molecule has 1 heterocycles. The fourth-order valence-electron chi connectivity index (χ4n) is 1.73. The Morgan fingerprint density at radius 1 is 1.53 bits per heavy atom. The molecule has 0 atom stereocenters. The molecule has 5 nitrogen and oxygen atoms in total. The van der Waals surface area contributed by atoms with Crippen LogP contribution >= 0.6 is 11.3 Å². The molecule has 6 heteroatoms. The second kappa shape index (κ2) is 5.71. The van der Waals surface area contributed by atoms with E-state index in [1.54, 1.807) is 23.5 Å². The number of carbonyl (C=O) groups is 1. The lowest BCUT2D eigenvalue weighted by Crippen LogP contribution is -2.07. The van der Waals surface area contributed by atoms with Crippen LogP contribution in [0.5, 0.6) is 0 Å². The first-order valence-electron chi connectivity index (χ1n) is 5.84. The van der Waals surface area contributed by atoms with Crippen molar-refractivity contribution in [2.75, 3.05) is 17.6 Å². The molecule has 0 unspecified atom stereocenters. The molecule has 0 amide bonds. The maximum atomic E-state index is 10.8. The highest BCUT2D eigenvalue weighted by Crippen LogP contribution is 2.18. The summed E-state index contributed by atoms with van der Waals surface area (Å²) in [4.78, 5) is 15.2. The molecule has 0 fully saturated rings. The number of carboxylic acid groups (broad SMARTS) is 1. The summed E-state index contributed by atoms with van der Waals surface area (Å²) in [5.74, 6) is -1.01. The van der Waals surface area contributed by atoms with Gasteiger partial charge in [0.1, 0.15) is 0 Å². The first kappa shape index (κ1) is 13.4. The van der Waals surface area contributed by atoms with Crippen LogP contribution in [0.2, 0.25) is 0 Å². The number of rotatable bonds is 5. The number of nitrogens with two attached hydrogens (primary N) is 1.